The van der Waals surface area contributed by atoms with Crippen LogP contribution in [0.4, 0.5) is 5.13 Å². The first-order valence-corrected chi connectivity index (χ1v) is 9.52. The Labute approximate surface area is 170 Å². The number of aromatic nitrogens is 1. The van der Waals surface area contributed by atoms with Crippen LogP contribution < -0.4 is 15.4 Å². The number of halogens is 1. The zero-order valence-corrected chi connectivity index (χ0v) is 17.5. The van der Waals surface area contributed by atoms with Crippen LogP contribution in [0.3, 0.4) is 0 Å². The first-order valence-electron chi connectivity index (χ1n) is 8.71. The van der Waals surface area contributed by atoms with Crippen LogP contribution in [0.1, 0.15) is 17.7 Å². The number of rotatable bonds is 6. The second kappa shape index (κ2) is 9.50. The summed E-state index contributed by atoms with van der Waals surface area (Å²) in [5.41, 5.74) is 1.41. The first kappa shape index (κ1) is 21.6. The van der Waals surface area contributed by atoms with Gasteiger partial charge in [-0.2, -0.15) is 0 Å². The van der Waals surface area contributed by atoms with E-state index in [1.807, 2.05) is 31.2 Å². The fraction of sp³-hybridized carbons (Fsp3) is 0.474. The van der Waals surface area contributed by atoms with Gasteiger partial charge in [-0.3, -0.25) is 4.79 Å². The number of ether oxygens (including phenoxy) is 2. The predicted molar refractivity (Wildman–Crippen MR) is 111 cm³/mol. The van der Waals surface area contributed by atoms with Crippen molar-refractivity contribution in [1.82, 2.24) is 10.3 Å². The topological polar surface area (TPSA) is 72.5 Å². The summed E-state index contributed by atoms with van der Waals surface area (Å²) in [6.45, 7) is 4.09. The number of carbonyl (C=O) groups excluding carboxylic acids is 1. The predicted octanol–water partition coefficient (Wildman–Crippen LogP) is 3.50. The van der Waals surface area contributed by atoms with E-state index in [0.717, 1.165) is 47.8 Å². The van der Waals surface area contributed by atoms with Crippen LogP contribution >= 0.6 is 23.7 Å². The lowest BCUT2D eigenvalue weighted by Crippen LogP contribution is -2.47. The third kappa shape index (κ3) is 4.79. The van der Waals surface area contributed by atoms with Crippen molar-refractivity contribution in [3.8, 4) is 17.0 Å². The van der Waals surface area contributed by atoms with Gasteiger partial charge in [-0.25, -0.2) is 4.98 Å². The van der Waals surface area contributed by atoms with Gasteiger partial charge in [-0.1, -0.05) is 0 Å². The molecule has 1 aromatic heterocycles. The van der Waals surface area contributed by atoms with Crippen LogP contribution in [0.15, 0.2) is 24.3 Å². The molecule has 0 aliphatic carbocycles. The number of thiazole rings is 1. The standard InChI is InChI=1S/C19H25N3O3S.ClH/c1-13-16(14-4-6-15(25-3)7-5-14)21-18(26-13)22-17(23)19(12-24-2)8-10-20-11-9-19;/h4-7,20H,8-12H2,1-3H3,(H,21,22,23);1H. The molecule has 6 nitrogen and oxygen atoms in total. The van der Waals surface area contributed by atoms with Gasteiger partial charge < -0.3 is 20.1 Å². The fourth-order valence-electron chi connectivity index (χ4n) is 3.31. The Hall–Kier alpha value is -1.67. The number of methoxy groups -OCH3 is 2. The molecule has 1 aromatic carbocycles. The monoisotopic (exact) mass is 411 g/mol. The molecule has 1 aliphatic rings. The van der Waals surface area contributed by atoms with Crippen LogP contribution in [0.5, 0.6) is 5.75 Å². The molecule has 2 N–H and O–H groups in total. The zero-order valence-electron chi connectivity index (χ0n) is 15.8. The lowest BCUT2D eigenvalue weighted by molar-refractivity contribution is -0.130. The maximum atomic E-state index is 13.0. The third-order valence-electron chi connectivity index (χ3n) is 4.84. The number of benzene rings is 1. The van der Waals surface area contributed by atoms with Gasteiger partial charge in [-0.15, -0.1) is 23.7 Å². The number of amides is 1. The molecular weight excluding hydrogens is 386 g/mol. The number of nitrogens with one attached hydrogen (secondary N) is 2. The van der Waals surface area contributed by atoms with Gasteiger partial charge in [-0.05, 0) is 57.1 Å². The Balaban J connectivity index is 0.00000261. The second-order valence-corrected chi connectivity index (χ2v) is 7.77. The first-order chi connectivity index (χ1) is 12.6. The smallest absolute Gasteiger partial charge is 0.234 e. The molecule has 0 radical (unpaired) electrons. The van der Waals surface area contributed by atoms with Crippen molar-refractivity contribution in [2.24, 2.45) is 5.41 Å². The number of anilines is 1. The van der Waals surface area contributed by atoms with E-state index < -0.39 is 5.41 Å². The van der Waals surface area contributed by atoms with Gasteiger partial charge in [0, 0.05) is 17.6 Å². The Bertz CT molecular complexity index is 753. The van der Waals surface area contributed by atoms with Crippen LogP contribution in [-0.4, -0.2) is 44.8 Å². The van der Waals surface area contributed by atoms with E-state index in [9.17, 15) is 4.79 Å². The van der Waals surface area contributed by atoms with E-state index in [1.54, 1.807) is 14.2 Å². The molecule has 0 bridgehead atoms. The largest absolute Gasteiger partial charge is 0.497 e. The van der Waals surface area contributed by atoms with Crippen molar-refractivity contribution in [2.45, 2.75) is 19.8 Å². The second-order valence-electron chi connectivity index (χ2n) is 6.57. The van der Waals surface area contributed by atoms with E-state index >= 15 is 0 Å². The maximum Gasteiger partial charge on any atom is 0.234 e. The molecule has 27 heavy (non-hydrogen) atoms. The van der Waals surface area contributed by atoms with Crippen LogP contribution in [0.2, 0.25) is 0 Å². The number of piperidine rings is 1. The summed E-state index contributed by atoms with van der Waals surface area (Å²) in [5.74, 6) is 0.804. The summed E-state index contributed by atoms with van der Waals surface area (Å²) in [6, 6.07) is 7.78. The molecule has 8 heteroatoms. The molecule has 0 atom stereocenters. The minimum Gasteiger partial charge on any atom is -0.497 e. The van der Waals surface area contributed by atoms with E-state index in [0.29, 0.717) is 11.7 Å². The molecule has 0 saturated carbocycles. The average molecular weight is 412 g/mol. The summed E-state index contributed by atoms with van der Waals surface area (Å²) in [4.78, 5) is 18.7. The Morgan fingerprint density at radius 2 is 1.93 bits per heavy atom. The molecule has 2 heterocycles. The van der Waals surface area contributed by atoms with Gasteiger partial charge >= 0.3 is 0 Å². The third-order valence-corrected chi connectivity index (χ3v) is 5.73. The number of hydrogen-bond donors (Lipinski definition) is 2. The summed E-state index contributed by atoms with van der Waals surface area (Å²) in [7, 11) is 3.29. The number of hydrogen-bond acceptors (Lipinski definition) is 6. The van der Waals surface area contributed by atoms with Crippen molar-refractivity contribution in [2.75, 3.05) is 39.2 Å². The minimum absolute atomic E-state index is 0. The van der Waals surface area contributed by atoms with Gasteiger partial charge in [0.2, 0.25) is 5.91 Å². The van der Waals surface area contributed by atoms with Gasteiger partial charge in [0.25, 0.3) is 0 Å². The summed E-state index contributed by atoms with van der Waals surface area (Å²) >= 11 is 1.50. The molecule has 3 rings (SSSR count). The summed E-state index contributed by atoms with van der Waals surface area (Å²) < 4.78 is 10.5. The molecule has 0 spiro atoms. The van der Waals surface area contributed by atoms with Crippen LogP contribution in [0.25, 0.3) is 11.3 Å². The highest BCUT2D eigenvalue weighted by Crippen LogP contribution is 2.34. The maximum absolute atomic E-state index is 13.0. The van der Waals surface area contributed by atoms with E-state index in [-0.39, 0.29) is 18.3 Å². The van der Waals surface area contributed by atoms with Crippen LogP contribution in [-0.2, 0) is 9.53 Å². The molecule has 0 unspecified atom stereocenters. The quantitative estimate of drug-likeness (QED) is 0.761. The lowest BCUT2D eigenvalue weighted by atomic mass is 9.79. The van der Waals surface area contributed by atoms with Crippen molar-refractivity contribution in [3.05, 3.63) is 29.1 Å². The highest BCUT2D eigenvalue weighted by Gasteiger charge is 2.40. The summed E-state index contributed by atoms with van der Waals surface area (Å²) in [6.07, 6.45) is 1.53. The van der Waals surface area contributed by atoms with Gasteiger partial charge in [0.1, 0.15) is 5.75 Å². The number of aryl methyl sites for hydroxylation is 1. The van der Waals surface area contributed by atoms with Crippen molar-refractivity contribution >= 4 is 34.8 Å². The van der Waals surface area contributed by atoms with Crippen molar-refractivity contribution in [3.63, 3.8) is 0 Å². The minimum atomic E-state index is -0.486. The molecule has 1 aliphatic heterocycles. The number of nitrogens with zero attached hydrogens (tertiary/aromatic N) is 1. The highest BCUT2D eigenvalue weighted by molar-refractivity contribution is 7.16. The fourth-order valence-corrected chi connectivity index (χ4v) is 4.15. The SMILES string of the molecule is COCC1(C(=O)Nc2nc(-c3ccc(OC)cc3)c(C)s2)CCNCC1.Cl. The Morgan fingerprint density at radius 1 is 1.26 bits per heavy atom. The zero-order chi connectivity index (χ0) is 18.6. The Morgan fingerprint density at radius 3 is 2.52 bits per heavy atom. The van der Waals surface area contributed by atoms with E-state index in [2.05, 4.69) is 15.6 Å². The van der Waals surface area contributed by atoms with E-state index in [4.69, 9.17) is 9.47 Å². The molecule has 1 saturated heterocycles. The van der Waals surface area contributed by atoms with Crippen molar-refractivity contribution in [1.29, 1.82) is 0 Å². The van der Waals surface area contributed by atoms with E-state index in [1.165, 1.54) is 11.3 Å². The Kier molecular flexibility index (Phi) is 7.61. The molecular formula is C19H26ClN3O3S. The molecule has 2 aromatic rings. The van der Waals surface area contributed by atoms with Crippen molar-refractivity contribution < 1.29 is 14.3 Å². The molecule has 1 amide bonds. The lowest BCUT2D eigenvalue weighted by Gasteiger charge is -2.35. The molecule has 148 valence electrons. The average Bonchev–Trinajstić information content (AvgIpc) is 3.03. The highest BCUT2D eigenvalue weighted by atomic mass is 35.5. The summed E-state index contributed by atoms with van der Waals surface area (Å²) in [5, 5.41) is 6.96. The van der Waals surface area contributed by atoms with Crippen LogP contribution in [0, 0.1) is 12.3 Å². The molecule has 1 fully saturated rings. The normalized spacial score (nSPS) is 15.7. The van der Waals surface area contributed by atoms with Gasteiger partial charge in [0.05, 0.1) is 24.8 Å². The van der Waals surface area contributed by atoms with Gasteiger partial charge in [0.15, 0.2) is 5.13 Å². The number of carbonyl (C=O) groups is 1.